The standard InChI is InChI=1S/C27H32ClN5O5/c1-3-19(2)16-29-24(34)17-31-18-32(21-7-5-4-6-8-21)27(26(31)36)11-13-30(14-12-27)25(35)20-9-10-22(28)23(15-20)33(37)38/h4-10,15,19H,3,11-14,16-18H2,1-2H3,(H,29,34). The number of amides is 3. The summed E-state index contributed by atoms with van der Waals surface area (Å²) >= 11 is 5.90. The first kappa shape index (κ1) is 27.4. The zero-order valence-corrected chi connectivity index (χ0v) is 22.3. The second kappa shape index (κ2) is 11.4. The Morgan fingerprint density at radius 3 is 2.47 bits per heavy atom. The number of hydrogen-bond acceptors (Lipinski definition) is 6. The summed E-state index contributed by atoms with van der Waals surface area (Å²) in [7, 11) is 0. The van der Waals surface area contributed by atoms with Gasteiger partial charge in [0, 0.05) is 37.0 Å². The van der Waals surface area contributed by atoms with Crippen molar-refractivity contribution >= 4 is 40.7 Å². The number of nitro benzene ring substituents is 1. The minimum atomic E-state index is -0.888. The van der Waals surface area contributed by atoms with Gasteiger partial charge in [0.2, 0.25) is 5.91 Å². The van der Waals surface area contributed by atoms with Gasteiger partial charge in [-0.3, -0.25) is 24.5 Å². The third kappa shape index (κ3) is 5.45. The lowest BCUT2D eigenvalue weighted by molar-refractivity contribution is -0.384. The molecule has 11 heteroatoms. The van der Waals surface area contributed by atoms with Gasteiger partial charge < -0.3 is 20.0 Å². The molecule has 4 rings (SSSR count). The summed E-state index contributed by atoms with van der Waals surface area (Å²) in [5.74, 6) is -0.322. The fourth-order valence-electron chi connectivity index (χ4n) is 5.03. The Morgan fingerprint density at radius 1 is 1.16 bits per heavy atom. The van der Waals surface area contributed by atoms with Gasteiger partial charge >= 0.3 is 0 Å². The quantitative estimate of drug-likeness (QED) is 0.402. The molecular weight excluding hydrogens is 510 g/mol. The molecule has 2 aliphatic heterocycles. The van der Waals surface area contributed by atoms with E-state index < -0.39 is 10.5 Å². The number of likely N-dealkylation sites (tertiary alicyclic amines) is 1. The SMILES string of the molecule is CCC(C)CNC(=O)CN1CN(c2ccccc2)C2(CCN(C(=O)c3ccc(Cl)c([N+](=O)[O-])c3)CC2)C1=O. The number of piperidine rings is 1. The Kier molecular flexibility index (Phi) is 8.20. The molecule has 2 saturated heterocycles. The molecule has 1 atom stereocenters. The van der Waals surface area contributed by atoms with Crippen LogP contribution in [0, 0.1) is 16.0 Å². The van der Waals surface area contributed by atoms with Crippen molar-refractivity contribution in [2.24, 2.45) is 5.92 Å². The highest BCUT2D eigenvalue weighted by molar-refractivity contribution is 6.32. The van der Waals surface area contributed by atoms with E-state index >= 15 is 0 Å². The summed E-state index contributed by atoms with van der Waals surface area (Å²) in [6.45, 7) is 5.51. The van der Waals surface area contributed by atoms with E-state index in [1.54, 1.807) is 9.80 Å². The van der Waals surface area contributed by atoms with Gasteiger partial charge in [0.15, 0.2) is 0 Å². The molecule has 10 nitrogen and oxygen atoms in total. The van der Waals surface area contributed by atoms with Gasteiger partial charge in [-0.15, -0.1) is 0 Å². The Bertz CT molecular complexity index is 1220. The molecule has 0 aromatic heterocycles. The normalized spacial score (nSPS) is 17.6. The van der Waals surface area contributed by atoms with Crippen LogP contribution < -0.4 is 10.2 Å². The van der Waals surface area contributed by atoms with E-state index in [4.69, 9.17) is 11.6 Å². The van der Waals surface area contributed by atoms with E-state index in [2.05, 4.69) is 19.2 Å². The van der Waals surface area contributed by atoms with E-state index in [-0.39, 0.29) is 47.2 Å². The highest BCUT2D eigenvalue weighted by atomic mass is 35.5. The van der Waals surface area contributed by atoms with Crippen LogP contribution in [0.15, 0.2) is 48.5 Å². The van der Waals surface area contributed by atoms with Crippen LogP contribution in [0.1, 0.15) is 43.5 Å². The van der Waals surface area contributed by atoms with Gasteiger partial charge in [0.1, 0.15) is 17.1 Å². The molecule has 2 aliphatic rings. The molecule has 3 amide bonds. The van der Waals surface area contributed by atoms with Gasteiger partial charge in [0.05, 0.1) is 11.6 Å². The Labute approximate surface area is 226 Å². The fourth-order valence-corrected chi connectivity index (χ4v) is 5.22. The summed E-state index contributed by atoms with van der Waals surface area (Å²) in [6, 6.07) is 13.6. The monoisotopic (exact) mass is 541 g/mol. The molecule has 2 aromatic carbocycles. The first-order chi connectivity index (χ1) is 18.2. The molecule has 1 unspecified atom stereocenters. The molecule has 0 bridgehead atoms. The smallest absolute Gasteiger partial charge is 0.288 e. The van der Waals surface area contributed by atoms with Crippen molar-refractivity contribution in [2.75, 3.05) is 37.7 Å². The summed E-state index contributed by atoms with van der Waals surface area (Å²) in [5, 5.41) is 14.2. The molecule has 0 saturated carbocycles. The van der Waals surface area contributed by atoms with Gasteiger partial charge in [-0.1, -0.05) is 50.1 Å². The number of nitro groups is 1. The minimum Gasteiger partial charge on any atom is -0.354 e. The minimum absolute atomic E-state index is 0.0303. The van der Waals surface area contributed by atoms with E-state index in [1.807, 2.05) is 35.2 Å². The number of rotatable bonds is 8. The number of anilines is 1. The van der Waals surface area contributed by atoms with Crippen molar-refractivity contribution < 1.29 is 19.3 Å². The van der Waals surface area contributed by atoms with Gasteiger partial charge in [-0.2, -0.15) is 0 Å². The van der Waals surface area contributed by atoms with Crippen LogP contribution in [0.25, 0.3) is 0 Å². The van der Waals surface area contributed by atoms with Crippen molar-refractivity contribution in [2.45, 2.75) is 38.6 Å². The van der Waals surface area contributed by atoms with Gasteiger partial charge in [-0.25, -0.2) is 0 Å². The van der Waals surface area contributed by atoms with Crippen molar-refractivity contribution in [3.05, 3.63) is 69.2 Å². The number of para-hydroxylation sites is 1. The lowest BCUT2D eigenvalue weighted by Gasteiger charge is -2.43. The number of carbonyl (C=O) groups is 3. The Hall–Kier alpha value is -3.66. The topological polar surface area (TPSA) is 116 Å². The molecule has 202 valence electrons. The number of halogens is 1. The van der Waals surface area contributed by atoms with Crippen LogP contribution in [0.4, 0.5) is 11.4 Å². The van der Waals surface area contributed by atoms with Crippen LogP contribution in [0.3, 0.4) is 0 Å². The number of carbonyl (C=O) groups excluding carboxylic acids is 3. The number of hydrogen-bond donors (Lipinski definition) is 1. The molecule has 1 N–H and O–H groups in total. The lowest BCUT2D eigenvalue weighted by atomic mass is 9.85. The third-order valence-corrected chi connectivity index (χ3v) is 7.85. The maximum absolute atomic E-state index is 13.8. The molecular formula is C27H32ClN5O5. The first-order valence-electron chi connectivity index (χ1n) is 12.8. The van der Waals surface area contributed by atoms with E-state index in [0.717, 1.165) is 12.1 Å². The number of benzene rings is 2. The van der Waals surface area contributed by atoms with Crippen LogP contribution in [-0.2, 0) is 9.59 Å². The number of nitrogens with one attached hydrogen (secondary N) is 1. The predicted octanol–water partition coefficient (Wildman–Crippen LogP) is 3.69. The molecule has 2 fully saturated rings. The zero-order chi connectivity index (χ0) is 27.4. The number of nitrogens with zero attached hydrogens (tertiary/aromatic N) is 4. The van der Waals surface area contributed by atoms with Crippen molar-refractivity contribution in [1.29, 1.82) is 0 Å². The fraction of sp³-hybridized carbons (Fsp3) is 0.444. The average Bonchev–Trinajstić information content (AvgIpc) is 3.18. The van der Waals surface area contributed by atoms with Crippen LogP contribution in [0.2, 0.25) is 5.02 Å². The van der Waals surface area contributed by atoms with E-state index in [1.165, 1.54) is 18.2 Å². The summed E-state index contributed by atoms with van der Waals surface area (Å²) in [6.07, 6.45) is 1.69. The van der Waals surface area contributed by atoms with Crippen molar-refractivity contribution in [3.63, 3.8) is 0 Å². The highest BCUT2D eigenvalue weighted by Gasteiger charge is 2.54. The predicted molar refractivity (Wildman–Crippen MR) is 144 cm³/mol. The van der Waals surface area contributed by atoms with E-state index in [0.29, 0.717) is 38.4 Å². The molecule has 2 heterocycles. The van der Waals surface area contributed by atoms with Gasteiger partial charge in [-0.05, 0) is 43.0 Å². The van der Waals surface area contributed by atoms with Crippen LogP contribution in [-0.4, -0.2) is 70.8 Å². The summed E-state index contributed by atoms with van der Waals surface area (Å²) in [5.41, 5.74) is -0.165. The lowest BCUT2D eigenvalue weighted by Crippen LogP contribution is -2.57. The molecule has 0 aliphatic carbocycles. The van der Waals surface area contributed by atoms with Gasteiger partial charge in [0.25, 0.3) is 17.5 Å². The van der Waals surface area contributed by atoms with Crippen molar-refractivity contribution in [3.8, 4) is 0 Å². The third-order valence-electron chi connectivity index (χ3n) is 7.53. The summed E-state index contributed by atoms with van der Waals surface area (Å²) < 4.78 is 0. The second-order valence-electron chi connectivity index (χ2n) is 9.97. The zero-order valence-electron chi connectivity index (χ0n) is 21.6. The Morgan fingerprint density at radius 2 is 1.84 bits per heavy atom. The molecule has 38 heavy (non-hydrogen) atoms. The summed E-state index contributed by atoms with van der Waals surface area (Å²) in [4.78, 5) is 55.5. The van der Waals surface area contributed by atoms with Crippen LogP contribution >= 0.6 is 11.6 Å². The molecule has 2 aromatic rings. The average molecular weight is 542 g/mol. The maximum Gasteiger partial charge on any atom is 0.288 e. The first-order valence-corrected chi connectivity index (χ1v) is 13.2. The largest absolute Gasteiger partial charge is 0.354 e. The maximum atomic E-state index is 13.8. The molecule has 0 radical (unpaired) electrons. The van der Waals surface area contributed by atoms with Crippen molar-refractivity contribution in [1.82, 2.24) is 15.1 Å². The van der Waals surface area contributed by atoms with Crippen LogP contribution in [0.5, 0.6) is 0 Å². The highest BCUT2D eigenvalue weighted by Crippen LogP contribution is 2.40. The van der Waals surface area contributed by atoms with E-state index in [9.17, 15) is 24.5 Å². The second-order valence-corrected chi connectivity index (χ2v) is 10.4. The molecule has 1 spiro atoms. The Balaban J connectivity index is 1.52.